The van der Waals surface area contributed by atoms with Crippen molar-refractivity contribution in [1.29, 1.82) is 0 Å². The Morgan fingerprint density at radius 2 is 1.62 bits per heavy atom. The molecule has 0 spiro atoms. The number of hydrogen-bond donors (Lipinski definition) is 7. The molecule has 1 aliphatic heterocycles. The Morgan fingerprint density at radius 3 is 2.24 bits per heavy atom. The molecule has 2 rings (SSSR count). The number of nitrogens with two attached hydrogens (primary N) is 3. The van der Waals surface area contributed by atoms with Gasteiger partial charge in [-0.05, 0) is 6.42 Å². The van der Waals surface area contributed by atoms with Gasteiger partial charge in [-0.15, -0.1) is 0 Å². The number of rotatable bonds is 3. The van der Waals surface area contributed by atoms with Gasteiger partial charge < -0.3 is 47.1 Å². The van der Waals surface area contributed by atoms with E-state index in [2.05, 4.69) is 0 Å². The average Bonchev–Trinajstić information content (AvgIpc) is 2.45. The first-order valence-electron chi connectivity index (χ1n) is 7.09. The van der Waals surface area contributed by atoms with E-state index in [1.165, 1.54) is 0 Å². The Balaban J connectivity index is 2.01. The molecule has 0 unspecified atom stereocenters. The minimum absolute atomic E-state index is 0.0327. The minimum atomic E-state index is -1.43. The lowest BCUT2D eigenvalue weighted by atomic mass is 9.87. The molecule has 0 aromatic rings. The molecule has 2 fully saturated rings. The Hall–Kier alpha value is -0.360. The summed E-state index contributed by atoms with van der Waals surface area (Å²) < 4.78 is 11.0. The highest BCUT2D eigenvalue weighted by Gasteiger charge is 2.46. The predicted molar refractivity (Wildman–Crippen MR) is 71.8 cm³/mol. The second kappa shape index (κ2) is 6.82. The number of hydrogen-bond acceptors (Lipinski definition) is 9. The molecule has 0 amide bonds. The summed E-state index contributed by atoms with van der Waals surface area (Å²) in [6.07, 6.45) is -6.90. The fourth-order valence-corrected chi connectivity index (χ4v) is 2.76. The van der Waals surface area contributed by atoms with E-state index in [1.54, 1.807) is 0 Å². The molecule has 2 aliphatic rings. The lowest BCUT2D eigenvalue weighted by Gasteiger charge is -2.43. The molecule has 124 valence electrons. The molecule has 1 saturated carbocycles. The molecule has 1 saturated heterocycles. The smallest absolute Gasteiger partial charge is 0.186 e. The highest BCUT2D eigenvalue weighted by Crippen LogP contribution is 2.27. The van der Waals surface area contributed by atoms with E-state index in [0.717, 1.165) is 0 Å². The van der Waals surface area contributed by atoms with Crippen molar-refractivity contribution in [2.45, 2.75) is 67.8 Å². The van der Waals surface area contributed by atoms with Crippen molar-refractivity contribution in [3.8, 4) is 0 Å². The van der Waals surface area contributed by atoms with Crippen LogP contribution in [0.4, 0.5) is 0 Å². The van der Waals surface area contributed by atoms with Crippen LogP contribution in [0.15, 0.2) is 0 Å². The second-order valence-electron chi connectivity index (χ2n) is 5.79. The molecule has 21 heavy (non-hydrogen) atoms. The van der Waals surface area contributed by atoms with Crippen LogP contribution in [0, 0.1) is 0 Å². The molecule has 0 aromatic heterocycles. The topological polar surface area (TPSA) is 177 Å². The van der Waals surface area contributed by atoms with Crippen molar-refractivity contribution in [3.63, 3.8) is 0 Å². The zero-order valence-corrected chi connectivity index (χ0v) is 11.7. The Kier molecular flexibility index (Phi) is 5.52. The molecule has 10 N–H and O–H groups in total. The van der Waals surface area contributed by atoms with Crippen LogP contribution < -0.4 is 17.2 Å². The number of aliphatic hydroxyl groups is 4. The third-order valence-corrected chi connectivity index (χ3v) is 4.20. The fraction of sp³-hybridized carbons (Fsp3) is 1.00. The van der Waals surface area contributed by atoms with Crippen LogP contribution in [-0.4, -0.2) is 82.0 Å². The van der Waals surface area contributed by atoms with Crippen molar-refractivity contribution < 1.29 is 29.9 Å². The monoisotopic (exact) mass is 307 g/mol. The molecule has 0 radical (unpaired) electrons. The van der Waals surface area contributed by atoms with E-state index < -0.39 is 55.0 Å². The molecule has 1 aliphatic carbocycles. The molecule has 9 atom stereocenters. The van der Waals surface area contributed by atoms with Crippen LogP contribution in [0.25, 0.3) is 0 Å². The van der Waals surface area contributed by atoms with Gasteiger partial charge in [0.25, 0.3) is 0 Å². The summed E-state index contributed by atoms with van der Waals surface area (Å²) in [6, 6.07) is -0.833. The van der Waals surface area contributed by atoms with E-state index in [4.69, 9.17) is 26.7 Å². The Morgan fingerprint density at radius 1 is 0.952 bits per heavy atom. The maximum Gasteiger partial charge on any atom is 0.186 e. The van der Waals surface area contributed by atoms with Crippen LogP contribution in [0.1, 0.15) is 12.8 Å². The van der Waals surface area contributed by atoms with Gasteiger partial charge in [-0.1, -0.05) is 0 Å². The van der Waals surface area contributed by atoms with Gasteiger partial charge in [-0.2, -0.15) is 0 Å². The van der Waals surface area contributed by atoms with E-state index >= 15 is 0 Å². The van der Waals surface area contributed by atoms with Gasteiger partial charge in [0.1, 0.15) is 24.4 Å². The van der Waals surface area contributed by atoms with Crippen LogP contribution in [0.2, 0.25) is 0 Å². The largest absolute Gasteiger partial charge is 0.391 e. The van der Waals surface area contributed by atoms with Gasteiger partial charge in [-0.3, -0.25) is 0 Å². The molecule has 0 aromatic carbocycles. The highest BCUT2D eigenvalue weighted by atomic mass is 16.7. The summed E-state index contributed by atoms with van der Waals surface area (Å²) in [5.74, 6) is 0. The van der Waals surface area contributed by atoms with Crippen molar-refractivity contribution in [2.24, 2.45) is 17.2 Å². The Labute approximate surface area is 122 Å². The third-order valence-electron chi connectivity index (χ3n) is 4.20. The fourth-order valence-electron chi connectivity index (χ4n) is 2.76. The van der Waals surface area contributed by atoms with Crippen molar-refractivity contribution in [3.05, 3.63) is 0 Å². The Bertz CT molecular complexity index is 347. The van der Waals surface area contributed by atoms with Gasteiger partial charge in [-0.25, -0.2) is 0 Å². The van der Waals surface area contributed by atoms with Crippen molar-refractivity contribution in [1.82, 2.24) is 0 Å². The molecule has 9 heteroatoms. The summed E-state index contributed by atoms with van der Waals surface area (Å²) in [5.41, 5.74) is 17.1. The summed E-state index contributed by atoms with van der Waals surface area (Å²) in [4.78, 5) is 0. The summed E-state index contributed by atoms with van der Waals surface area (Å²) in [7, 11) is 0. The lowest BCUT2D eigenvalue weighted by molar-refractivity contribution is -0.309. The van der Waals surface area contributed by atoms with Crippen LogP contribution >= 0.6 is 0 Å². The first-order valence-corrected chi connectivity index (χ1v) is 7.09. The van der Waals surface area contributed by atoms with Gasteiger partial charge in [0, 0.05) is 25.0 Å². The van der Waals surface area contributed by atoms with Gasteiger partial charge >= 0.3 is 0 Å². The zero-order chi connectivity index (χ0) is 15.7. The van der Waals surface area contributed by atoms with Crippen molar-refractivity contribution in [2.75, 3.05) is 6.54 Å². The van der Waals surface area contributed by atoms with E-state index in [9.17, 15) is 20.4 Å². The maximum atomic E-state index is 9.93. The van der Waals surface area contributed by atoms with Crippen LogP contribution in [0.3, 0.4) is 0 Å². The first kappa shape index (κ1) is 17.0. The van der Waals surface area contributed by atoms with Gasteiger partial charge in [0.05, 0.1) is 12.2 Å². The quantitative estimate of drug-likeness (QED) is 0.273. The standard InChI is InChI=1S/C12H25N3O6/c13-3-8-9(17)10(18)11(19)12(21-8)20-7-2-6(16)4(14)1-5(7)15/h4-12,16-19H,1-3,13-15H2/t4-,5-,6-,7-,8+,9+,10-,11+,12-/m0/s1. The maximum absolute atomic E-state index is 9.93. The van der Waals surface area contributed by atoms with E-state index in [1.807, 2.05) is 0 Å². The molecular formula is C12H25N3O6. The van der Waals surface area contributed by atoms with Gasteiger partial charge in [0.2, 0.25) is 0 Å². The lowest BCUT2D eigenvalue weighted by Crippen LogP contribution is -2.62. The zero-order valence-electron chi connectivity index (χ0n) is 11.7. The van der Waals surface area contributed by atoms with Crippen LogP contribution in [-0.2, 0) is 9.47 Å². The predicted octanol–water partition coefficient (Wildman–Crippen LogP) is -4.05. The van der Waals surface area contributed by atoms with E-state index in [-0.39, 0.29) is 13.0 Å². The normalized spacial score (nSPS) is 51.9. The number of ether oxygens (including phenoxy) is 2. The molecule has 0 bridgehead atoms. The first-order chi connectivity index (χ1) is 9.85. The summed E-state index contributed by atoms with van der Waals surface area (Å²) in [6.45, 7) is -0.0327. The molecule has 9 nitrogen and oxygen atoms in total. The second-order valence-corrected chi connectivity index (χ2v) is 5.79. The van der Waals surface area contributed by atoms with Crippen molar-refractivity contribution >= 4 is 0 Å². The SMILES string of the molecule is NC[C@H]1O[C@H](O[C@H]2C[C@H](O)[C@@H](N)C[C@@H]2N)[C@H](O)[C@@H](O)[C@@H]1O. The minimum Gasteiger partial charge on any atom is -0.391 e. The van der Waals surface area contributed by atoms with Gasteiger partial charge in [0.15, 0.2) is 6.29 Å². The van der Waals surface area contributed by atoms with Crippen LogP contribution in [0.5, 0.6) is 0 Å². The summed E-state index contributed by atoms with van der Waals surface area (Å²) in [5, 5.41) is 39.2. The van der Waals surface area contributed by atoms with E-state index in [0.29, 0.717) is 6.42 Å². The molecular weight excluding hydrogens is 282 g/mol. The number of aliphatic hydroxyl groups excluding tert-OH is 4. The average molecular weight is 307 g/mol. The third kappa shape index (κ3) is 3.52. The molecule has 1 heterocycles. The summed E-state index contributed by atoms with van der Waals surface area (Å²) >= 11 is 0. The highest BCUT2D eigenvalue weighted by molar-refractivity contribution is 4.94.